The molecule has 2 aliphatic carbocycles. The Morgan fingerprint density at radius 1 is 1.09 bits per heavy atom. The Kier molecular flexibility index (Phi) is 2.62. The largest absolute Gasteiger partial charge is 0.249 e. The van der Waals surface area contributed by atoms with E-state index >= 15 is 0 Å². The lowest BCUT2D eigenvalue weighted by atomic mass is 9.70. The molecule has 0 unspecified atom stereocenters. The summed E-state index contributed by atoms with van der Waals surface area (Å²) in [6.45, 7) is 4.80. The summed E-state index contributed by atoms with van der Waals surface area (Å²) in [4.78, 5) is 10.2. The molecule has 0 amide bonds. The number of nitrogens with zero attached hydrogens (tertiary/aromatic N) is 2. The number of halogens is 1. The Balaban J connectivity index is 1.84. The third-order valence-corrected chi connectivity index (χ3v) is 7.82. The van der Waals surface area contributed by atoms with E-state index in [1.165, 1.54) is 35.0 Å². The lowest BCUT2D eigenvalue weighted by Crippen LogP contribution is -2.36. The predicted octanol–water partition coefficient (Wildman–Crippen LogP) is 5.33. The van der Waals surface area contributed by atoms with Gasteiger partial charge in [0.2, 0.25) is 0 Å². The van der Waals surface area contributed by atoms with Crippen LogP contribution in [0.1, 0.15) is 44.0 Å². The molecule has 0 spiro atoms. The second-order valence-corrected chi connectivity index (χ2v) is 8.18. The Labute approximate surface area is 144 Å². The highest BCUT2D eigenvalue weighted by Crippen LogP contribution is 2.67. The lowest BCUT2D eigenvalue weighted by Gasteiger charge is -2.36. The molecular formula is C20H19BrN2. The zero-order valence-corrected chi connectivity index (χ0v) is 15.0. The highest BCUT2D eigenvalue weighted by molar-refractivity contribution is 9.09. The second kappa shape index (κ2) is 4.32. The Bertz CT molecular complexity index is 966. The normalized spacial score (nSPS) is 31.9. The van der Waals surface area contributed by atoms with Crippen LogP contribution < -0.4 is 0 Å². The smallest absolute Gasteiger partial charge is 0.0897 e. The quantitative estimate of drug-likeness (QED) is 0.429. The van der Waals surface area contributed by atoms with Crippen LogP contribution in [0.5, 0.6) is 0 Å². The fourth-order valence-electron chi connectivity index (χ4n) is 4.89. The standard InChI is InChI=1S/C20H19BrN2/c1-19-8-7-14(20(19,2)11-21)17-18(19)23-16-10-13-6-4-3-5-12(13)9-15(16)22-17/h3-6,9-10,14H,7-8,11H2,1-2H3/t14-,19+,20-/m0/s1. The van der Waals surface area contributed by atoms with Gasteiger partial charge in [0, 0.05) is 16.7 Å². The van der Waals surface area contributed by atoms with Crippen molar-refractivity contribution in [3.8, 4) is 0 Å². The second-order valence-electron chi connectivity index (χ2n) is 7.62. The Morgan fingerprint density at radius 2 is 1.74 bits per heavy atom. The predicted molar refractivity (Wildman–Crippen MR) is 98.3 cm³/mol. The molecule has 1 heterocycles. The van der Waals surface area contributed by atoms with Gasteiger partial charge in [0.1, 0.15) is 0 Å². The van der Waals surface area contributed by atoms with Gasteiger partial charge in [-0.05, 0) is 41.2 Å². The van der Waals surface area contributed by atoms with E-state index in [0.29, 0.717) is 5.92 Å². The van der Waals surface area contributed by atoms with Gasteiger partial charge in [-0.25, -0.2) is 9.97 Å². The first-order chi connectivity index (χ1) is 11.1. The maximum atomic E-state index is 5.12. The number of rotatable bonds is 1. The molecule has 3 aromatic rings. The average Bonchev–Trinajstić information content (AvgIpc) is 2.93. The van der Waals surface area contributed by atoms with Gasteiger partial charge >= 0.3 is 0 Å². The van der Waals surface area contributed by atoms with Gasteiger partial charge < -0.3 is 0 Å². The Hall–Kier alpha value is -1.48. The Morgan fingerprint density at radius 3 is 2.39 bits per heavy atom. The van der Waals surface area contributed by atoms with Gasteiger partial charge in [0.15, 0.2) is 0 Å². The first-order valence-electron chi connectivity index (χ1n) is 8.34. The molecule has 1 saturated carbocycles. The number of benzene rings is 2. The van der Waals surface area contributed by atoms with Gasteiger partial charge in [-0.1, -0.05) is 54.0 Å². The summed E-state index contributed by atoms with van der Waals surface area (Å²) >= 11 is 3.78. The molecule has 5 rings (SSSR count). The summed E-state index contributed by atoms with van der Waals surface area (Å²) in [5, 5.41) is 3.50. The van der Waals surface area contributed by atoms with E-state index in [-0.39, 0.29) is 10.8 Å². The zero-order chi connectivity index (χ0) is 15.8. The van der Waals surface area contributed by atoms with E-state index < -0.39 is 0 Å². The number of aromatic nitrogens is 2. The zero-order valence-electron chi connectivity index (χ0n) is 13.4. The van der Waals surface area contributed by atoms with Crippen molar-refractivity contribution < 1.29 is 0 Å². The minimum absolute atomic E-state index is 0.142. The van der Waals surface area contributed by atoms with Crippen molar-refractivity contribution >= 4 is 37.7 Å². The van der Waals surface area contributed by atoms with Crippen LogP contribution in [0.25, 0.3) is 21.8 Å². The summed E-state index contributed by atoms with van der Waals surface area (Å²) < 4.78 is 0. The number of fused-ring (bicyclic) bond motifs is 7. The van der Waals surface area contributed by atoms with Gasteiger partial charge in [0.05, 0.1) is 22.4 Å². The molecule has 0 N–H and O–H groups in total. The molecule has 2 aromatic carbocycles. The van der Waals surface area contributed by atoms with Crippen LogP contribution in [0, 0.1) is 5.41 Å². The lowest BCUT2D eigenvalue weighted by molar-refractivity contribution is 0.236. The number of hydrogen-bond donors (Lipinski definition) is 0. The number of alkyl halides is 1. The van der Waals surface area contributed by atoms with Crippen LogP contribution in [0.3, 0.4) is 0 Å². The van der Waals surface area contributed by atoms with E-state index in [0.717, 1.165) is 16.4 Å². The van der Waals surface area contributed by atoms with Gasteiger partial charge in [-0.15, -0.1) is 0 Å². The molecule has 2 bridgehead atoms. The molecule has 23 heavy (non-hydrogen) atoms. The van der Waals surface area contributed by atoms with E-state index in [4.69, 9.17) is 9.97 Å². The first kappa shape index (κ1) is 13.9. The molecule has 0 saturated heterocycles. The van der Waals surface area contributed by atoms with Gasteiger partial charge in [-0.2, -0.15) is 0 Å². The summed E-state index contributed by atoms with van der Waals surface area (Å²) in [5.74, 6) is 0.533. The van der Waals surface area contributed by atoms with Crippen LogP contribution in [0.2, 0.25) is 0 Å². The monoisotopic (exact) mass is 366 g/mol. The molecule has 1 fully saturated rings. The molecule has 3 atom stereocenters. The van der Waals surface area contributed by atoms with Gasteiger partial charge in [0.25, 0.3) is 0 Å². The van der Waals surface area contributed by atoms with E-state index in [1.807, 2.05) is 0 Å². The van der Waals surface area contributed by atoms with Crippen molar-refractivity contribution in [1.82, 2.24) is 9.97 Å². The molecule has 116 valence electrons. The summed E-state index contributed by atoms with van der Waals surface area (Å²) in [5.41, 5.74) is 4.95. The van der Waals surface area contributed by atoms with Crippen LogP contribution in [0.4, 0.5) is 0 Å². The maximum absolute atomic E-state index is 5.12. The van der Waals surface area contributed by atoms with E-state index in [9.17, 15) is 0 Å². The average molecular weight is 367 g/mol. The van der Waals surface area contributed by atoms with Crippen LogP contribution in [0.15, 0.2) is 36.4 Å². The van der Waals surface area contributed by atoms with Crippen molar-refractivity contribution in [2.45, 2.75) is 38.0 Å². The highest BCUT2D eigenvalue weighted by Gasteiger charge is 2.63. The molecule has 3 heteroatoms. The third kappa shape index (κ3) is 1.54. The first-order valence-corrected chi connectivity index (χ1v) is 9.46. The van der Waals surface area contributed by atoms with Crippen LogP contribution >= 0.6 is 15.9 Å². The van der Waals surface area contributed by atoms with Crippen molar-refractivity contribution in [3.05, 3.63) is 47.8 Å². The van der Waals surface area contributed by atoms with Crippen LogP contribution in [-0.4, -0.2) is 15.3 Å². The van der Waals surface area contributed by atoms with Gasteiger partial charge in [-0.3, -0.25) is 0 Å². The van der Waals surface area contributed by atoms with Crippen LogP contribution in [-0.2, 0) is 5.41 Å². The van der Waals surface area contributed by atoms with Crippen molar-refractivity contribution in [1.29, 1.82) is 0 Å². The molecule has 1 aromatic heterocycles. The van der Waals surface area contributed by atoms with E-state index in [2.05, 4.69) is 66.2 Å². The molecule has 2 nitrogen and oxygen atoms in total. The summed E-state index contributed by atoms with van der Waals surface area (Å²) in [6, 6.07) is 12.9. The SMILES string of the molecule is C[C@]1(CBr)[C@H]2CC[C@]1(C)c1nc3cc4ccccc4cc3nc12. The van der Waals surface area contributed by atoms with E-state index in [1.54, 1.807) is 0 Å². The third-order valence-electron chi connectivity index (χ3n) is 6.65. The molecular weight excluding hydrogens is 348 g/mol. The maximum Gasteiger partial charge on any atom is 0.0897 e. The molecule has 0 aliphatic heterocycles. The fraction of sp³-hybridized carbons (Fsp3) is 0.400. The highest BCUT2D eigenvalue weighted by atomic mass is 79.9. The van der Waals surface area contributed by atoms with Crippen molar-refractivity contribution in [2.24, 2.45) is 5.41 Å². The van der Waals surface area contributed by atoms with Crippen molar-refractivity contribution in [2.75, 3.05) is 5.33 Å². The minimum Gasteiger partial charge on any atom is -0.249 e. The number of hydrogen-bond acceptors (Lipinski definition) is 2. The summed E-state index contributed by atoms with van der Waals surface area (Å²) in [7, 11) is 0. The molecule has 0 radical (unpaired) electrons. The van der Waals surface area contributed by atoms with Crippen molar-refractivity contribution in [3.63, 3.8) is 0 Å². The fourth-order valence-corrected chi connectivity index (χ4v) is 5.90. The summed E-state index contributed by atoms with van der Waals surface area (Å²) in [6.07, 6.45) is 2.46. The topological polar surface area (TPSA) is 25.8 Å². The molecule has 2 aliphatic rings. The minimum atomic E-state index is 0.142.